The third kappa shape index (κ3) is 14.7. The third-order valence-corrected chi connectivity index (χ3v) is 11.1. The van der Waals surface area contributed by atoms with Crippen LogP contribution in [0.4, 0.5) is 9.59 Å². The number of ether oxygens (including phenoxy) is 5. The summed E-state index contributed by atoms with van der Waals surface area (Å²) < 4.78 is 26.6. The maximum Gasteiger partial charge on any atom is 0.410 e. The van der Waals surface area contributed by atoms with Crippen molar-refractivity contribution in [3.8, 4) is 11.5 Å². The van der Waals surface area contributed by atoms with Gasteiger partial charge in [0, 0.05) is 25.2 Å². The normalized spacial score (nSPS) is 15.3. The first-order chi connectivity index (χ1) is 30.9. The SMILES string of the molecule is COC(=O)/C=C/c1ccc2c(c1)CCC2N(CCc1ccc(OC)cc1)C(=O)OC(C)(C)C.COc1ccc(CCN(C(=O)OC(C)(C)C)C2CCc3cc(/C=C/C(=O)O)ccc32)cc1. The van der Waals surface area contributed by atoms with Gasteiger partial charge >= 0.3 is 24.1 Å². The van der Waals surface area contributed by atoms with Gasteiger partial charge in [0.1, 0.15) is 22.7 Å². The molecule has 346 valence electrons. The predicted molar refractivity (Wildman–Crippen MR) is 252 cm³/mol. The summed E-state index contributed by atoms with van der Waals surface area (Å²) in [5.74, 6) is 0.251. The van der Waals surface area contributed by atoms with Crippen molar-refractivity contribution in [2.24, 2.45) is 0 Å². The number of carbonyl (C=O) groups is 4. The molecule has 2 aliphatic carbocycles. The standard InChI is InChI=1S/C27H33NO5.C26H31NO5/c1-27(2,3)33-26(30)28(17-16-19-6-11-22(31-4)12-7-19)24-14-10-21-18-20(8-13-23(21)24)9-15-25(29)32-5;1-26(2,3)32-25(30)27(16-15-18-5-10-21(31-4)11-6-18)23-13-9-20-17-19(7-12-22(20)23)8-14-24(28)29/h6-9,11-13,15,18,24H,10,14,16-17H2,1-5H3;5-8,10-12,14,17,23H,9,13,15-16H2,1-4H3,(H,28,29)/b15-9+;14-8+. The minimum absolute atomic E-state index is 0.0493. The van der Waals surface area contributed by atoms with Gasteiger partial charge in [0.25, 0.3) is 0 Å². The summed E-state index contributed by atoms with van der Waals surface area (Å²) in [4.78, 5) is 52.2. The van der Waals surface area contributed by atoms with Crippen LogP contribution in [0.1, 0.15) is 111 Å². The Morgan fingerprint density at radius 2 is 1.00 bits per heavy atom. The van der Waals surface area contributed by atoms with Gasteiger partial charge in [-0.1, -0.05) is 60.7 Å². The first-order valence-corrected chi connectivity index (χ1v) is 22.0. The highest BCUT2D eigenvalue weighted by Gasteiger charge is 2.35. The van der Waals surface area contributed by atoms with Crippen molar-refractivity contribution in [3.05, 3.63) is 142 Å². The number of carboxylic acids is 1. The van der Waals surface area contributed by atoms with Crippen LogP contribution in [0.2, 0.25) is 0 Å². The Morgan fingerprint density at radius 1 is 0.600 bits per heavy atom. The van der Waals surface area contributed by atoms with Crippen molar-refractivity contribution in [3.63, 3.8) is 0 Å². The minimum Gasteiger partial charge on any atom is -0.497 e. The Morgan fingerprint density at radius 3 is 1.35 bits per heavy atom. The molecule has 12 nitrogen and oxygen atoms in total. The van der Waals surface area contributed by atoms with Crippen molar-refractivity contribution >= 4 is 36.3 Å². The Bertz CT molecular complexity index is 2320. The lowest BCUT2D eigenvalue weighted by atomic mass is 10.0. The lowest BCUT2D eigenvalue weighted by Crippen LogP contribution is -2.40. The van der Waals surface area contributed by atoms with E-state index in [-0.39, 0.29) is 30.2 Å². The molecule has 0 radical (unpaired) electrons. The van der Waals surface area contributed by atoms with Crippen molar-refractivity contribution in [1.29, 1.82) is 0 Å². The van der Waals surface area contributed by atoms with E-state index in [1.807, 2.05) is 124 Å². The second-order valence-electron chi connectivity index (χ2n) is 18.1. The van der Waals surface area contributed by atoms with Crippen LogP contribution in [0.15, 0.2) is 97.1 Å². The molecule has 0 fully saturated rings. The lowest BCUT2D eigenvalue weighted by molar-refractivity contribution is -0.135. The molecule has 4 aromatic carbocycles. The third-order valence-electron chi connectivity index (χ3n) is 11.1. The molecule has 2 unspecified atom stereocenters. The zero-order valence-corrected chi connectivity index (χ0v) is 39.2. The van der Waals surface area contributed by atoms with E-state index in [2.05, 4.69) is 16.9 Å². The van der Waals surface area contributed by atoms with Gasteiger partial charge in [-0.05, 0) is 161 Å². The largest absolute Gasteiger partial charge is 0.497 e. The fourth-order valence-electron chi connectivity index (χ4n) is 7.96. The first kappa shape index (κ1) is 49.5. The van der Waals surface area contributed by atoms with Gasteiger partial charge in [0.05, 0.1) is 33.4 Å². The molecule has 12 heteroatoms. The van der Waals surface area contributed by atoms with Gasteiger partial charge < -0.3 is 38.6 Å². The molecule has 0 saturated carbocycles. The number of rotatable bonds is 14. The first-order valence-electron chi connectivity index (χ1n) is 22.0. The number of aliphatic carboxylic acids is 1. The van der Waals surface area contributed by atoms with Crippen LogP contribution < -0.4 is 9.47 Å². The second-order valence-corrected chi connectivity index (χ2v) is 18.1. The number of esters is 1. The van der Waals surface area contributed by atoms with Gasteiger partial charge in [-0.2, -0.15) is 0 Å². The molecule has 0 bridgehead atoms. The molecule has 1 N–H and O–H groups in total. The van der Waals surface area contributed by atoms with Crippen LogP contribution in [0.5, 0.6) is 11.5 Å². The number of hydrogen-bond donors (Lipinski definition) is 1. The van der Waals surface area contributed by atoms with Gasteiger partial charge in [0.15, 0.2) is 0 Å². The van der Waals surface area contributed by atoms with Crippen molar-refractivity contribution in [2.45, 2.75) is 103 Å². The highest BCUT2D eigenvalue weighted by atomic mass is 16.6. The number of fused-ring (bicyclic) bond motifs is 2. The summed E-state index contributed by atoms with van der Waals surface area (Å²) in [7, 11) is 4.64. The molecular formula is C53H64N2O10. The van der Waals surface area contributed by atoms with Crippen molar-refractivity contribution < 1.29 is 48.0 Å². The molecule has 0 saturated heterocycles. The van der Waals surface area contributed by atoms with Gasteiger partial charge in [0.2, 0.25) is 0 Å². The summed E-state index contributed by atoms with van der Waals surface area (Å²) in [6, 6.07) is 27.6. The number of nitrogens with zero attached hydrogens (tertiary/aromatic N) is 2. The Labute approximate surface area is 383 Å². The number of aryl methyl sites for hydroxylation is 2. The Kier molecular flexibility index (Phi) is 17.0. The summed E-state index contributed by atoms with van der Waals surface area (Å²) >= 11 is 0. The van der Waals surface area contributed by atoms with Crippen LogP contribution in [-0.2, 0) is 49.5 Å². The number of carboxylic acid groups (broad SMARTS) is 1. The average molecular weight is 889 g/mol. The van der Waals surface area contributed by atoms with Crippen molar-refractivity contribution in [1.82, 2.24) is 9.80 Å². The van der Waals surface area contributed by atoms with E-state index >= 15 is 0 Å². The number of amides is 2. The van der Waals surface area contributed by atoms with Crippen LogP contribution in [0.3, 0.4) is 0 Å². The van der Waals surface area contributed by atoms with E-state index in [1.165, 1.54) is 18.7 Å². The molecule has 0 heterocycles. The summed E-state index contributed by atoms with van der Waals surface area (Å²) in [6.45, 7) is 12.4. The minimum atomic E-state index is -0.974. The second kappa shape index (κ2) is 22.4. The molecule has 0 aromatic heterocycles. The fourth-order valence-corrected chi connectivity index (χ4v) is 7.96. The fraction of sp³-hybridized carbons (Fsp3) is 0.396. The van der Waals surface area contributed by atoms with E-state index in [9.17, 15) is 19.2 Å². The van der Waals surface area contributed by atoms with Gasteiger partial charge in [-0.25, -0.2) is 19.2 Å². The molecular weight excluding hydrogens is 825 g/mol. The molecule has 0 spiro atoms. The molecule has 2 atom stereocenters. The van der Waals surface area contributed by atoms with Crippen LogP contribution in [-0.4, -0.2) is 84.7 Å². The van der Waals surface area contributed by atoms with E-state index in [0.29, 0.717) is 19.5 Å². The summed E-state index contributed by atoms with van der Waals surface area (Å²) in [6.07, 6.45) is 10.0. The smallest absolute Gasteiger partial charge is 0.410 e. The highest BCUT2D eigenvalue weighted by molar-refractivity contribution is 5.87. The van der Waals surface area contributed by atoms with E-state index in [0.717, 1.165) is 88.6 Å². The monoisotopic (exact) mass is 888 g/mol. The molecule has 2 amide bonds. The molecule has 4 aromatic rings. The zero-order chi connectivity index (χ0) is 47.3. The van der Waals surface area contributed by atoms with Crippen molar-refractivity contribution in [2.75, 3.05) is 34.4 Å². The maximum absolute atomic E-state index is 13.2. The van der Waals surface area contributed by atoms with Crippen LogP contribution >= 0.6 is 0 Å². The topological polar surface area (TPSA) is 141 Å². The van der Waals surface area contributed by atoms with E-state index in [1.54, 1.807) is 26.4 Å². The Hall–Kier alpha value is -6.56. The zero-order valence-electron chi connectivity index (χ0n) is 39.2. The maximum atomic E-state index is 13.2. The lowest BCUT2D eigenvalue weighted by Gasteiger charge is -2.32. The quantitative estimate of drug-likeness (QED) is 0.0739. The number of hydrogen-bond acceptors (Lipinski definition) is 9. The average Bonchev–Trinajstić information content (AvgIpc) is 3.88. The summed E-state index contributed by atoms with van der Waals surface area (Å²) in [5.41, 5.74) is 7.42. The van der Waals surface area contributed by atoms with E-state index < -0.39 is 17.2 Å². The number of benzene rings is 4. The molecule has 65 heavy (non-hydrogen) atoms. The number of carbonyl (C=O) groups excluding carboxylic acids is 3. The van der Waals surface area contributed by atoms with Crippen LogP contribution in [0.25, 0.3) is 12.2 Å². The van der Waals surface area contributed by atoms with Gasteiger partial charge in [-0.15, -0.1) is 0 Å². The van der Waals surface area contributed by atoms with E-state index in [4.69, 9.17) is 24.1 Å². The Balaban J connectivity index is 0.000000244. The molecule has 0 aliphatic heterocycles. The number of methoxy groups -OCH3 is 3. The predicted octanol–water partition coefficient (Wildman–Crippen LogP) is 10.6. The summed E-state index contributed by atoms with van der Waals surface area (Å²) in [5, 5.41) is 8.87. The van der Waals surface area contributed by atoms with Gasteiger partial charge in [-0.3, -0.25) is 0 Å². The molecule has 6 rings (SSSR count). The molecule has 2 aliphatic rings. The highest BCUT2D eigenvalue weighted by Crippen LogP contribution is 2.39. The van der Waals surface area contributed by atoms with Crippen LogP contribution in [0, 0.1) is 0 Å².